The number of nitriles is 1. The maximum atomic E-state index is 12.4. The second-order valence-corrected chi connectivity index (χ2v) is 6.33. The van der Waals surface area contributed by atoms with E-state index in [1.807, 2.05) is 0 Å². The molecule has 2 heterocycles. The lowest BCUT2D eigenvalue weighted by Crippen LogP contribution is -2.25. The first-order chi connectivity index (χ1) is 14.5. The van der Waals surface area contributed by atoms with E-state index in [0.29, 0.717) is 28.5 Å². The highest BCUT2D eigenvalue weighted by molar-refractivity contribution is 6.03. The fourth-order valence-corrected chi connectivity index (χ4v) is 2.86. The molecular weight excluding hydrogens is 392 g/mol. The van der Waals surface area contributed by atoms with Crippen LogP contribution in [0.1, 0.15) is 15.9 Å². The maximum Gasteiger partial charge on any atom is 0.349 e. The molecule has 1 N–H and O–H groups in total. The number of benzene rings is 2. The Labute approximate surface area is 170 Å². The van der Waals surface area contributed by atoms with Crippen LogP contribution in [0.15, 0.2) is 42.0 Å². The number of nitrogens with one attached hydrogen (secondary N) is 1. The molecule has 4 rings (SSSR count). The summed E-state index contributed by atoms with van der Waals surface area (Å²) < 4.78 is 20.7. The fraction of sp³-hybridized carbons (Fsp3) is 0.143. The summed E-state index contributed by atoms with van der Waals surface area (Å²) in [5.74, 6) is -0.226. The Bertz CT molecular complexity index is 1130. The monoisotopic (exact) mass is 406 g/mol. The summed E-state index contributed by atoms with van der Waals surface area (Å²) in [7, 11) is 0. The van der Waals surface area contributed by atoms with Crippen LogP contribution >= 0.6 is 0 Å². The number of rotatable bonds is 5. The van der Waals surface area contributed by atoms with Gasteiger partial charge in [0.1, 0.15) is 17.4 Å². The van der Waals surface area contributed by atoms with E-state index in [-0.39, 0.29) is 30.4 Å². The normalized spacial score (nSPS) is 14.1. The predicted molar refractivity (Wildman–Crippen MR) is 102 cm³/mol. The van der Waals surface area contributed by atoms with Crippen LogP contribution in [-0.2, 0) is 14.3 Å². The van der Waals surface area contributed by atoms with Gasteiger partial charge in [0.05, 0.1) is 5.69 Å². The quantitative estimate of drug-likeness (QED) is 0.346. The topological polar surface area (TPSA) is 124 Å². The number of esters is 1. The molecule has 30 heavy (non-hydrogen) atoms. The molecule has 0 spiro atoms. The molecule has 0 saturated carbocycles. The molecule has 0 unspecified atom stereocenters. The first-order valence-electron chi connectivity index (χ1n) is 8.82. The van der Waals surface area contributed by atoms with Gasteiger partial charge in [0.25, 0.3) is 5.91 Å². The number of amides is 1. The summed E-state index contributed by atoms with van der Waals surface area (Å²) in [6.45, 7) is -0.548. The molecule has 2 aromatic rings. The average molecular weight is 406 g/mol. The highest BCUT2D eigenvalue weighted by Crippen LogP contribution is 2.33. The van der Waals surface area contributed by atoms with Gasteiger partial charge in [-0.1, -0.05) is 6.07 Å². The summed E-state index contributed by atoms with van der Waals surface area (Å²) in [6.07, 6.45) is 1.33. The largest absolute Gasteiger partial charge is 0.482 e. The van der Waals surface area contributed by atoms with Crippen LogP contribution in [0, 0.1) is 11.3 Å². The number of ether oxygens (including phenoxy) is 4. The first-order valence-corrected chi connectivity index (χ1v) is 8.82. The smallest absolute Gasteiger partial charge is 0.349 e. The third-order valence-electron chi connectivity index (χ3n) is 4.32. The molecule has 0 fully saturated rings. The number of fused-ring (bicyclic) bond motifs is 2. The number of nitrogens with zero attached hydrogens (tertiary/aromatic N) is 1. The third-order valence-corrected chi connectivity index (χ3v) is 4.32. The van der Waals surface area contributed by atoms with Crippen LogP contribution in [0.2, 0.25) is 0 Å². The van der Waals surface area contributed by atoms with Gasteiger partial charge in [0.15, 0.2) is 30.5 Å². The average Bonchev–Trinajstić information content (AvgIpc) is 3.22. The van der Waals surface area contributed by atoms with Crippen LogP contribution < -0.4 is 19.5 Å². The number of carbonyl (C=O) groups is 3. The number of carbonyl (C=O) groups excluding carboxylic acids is 3. The van der Waals surface area contributed by atoms with Crippen molar-refractivity contribution in [2.24, 2.45) is 0 Å². The van der Waals surface area contributed by atoms with E-state index in [1.165, 1.54) is 18.2 Å². The van der Waals surface area contributed by atoms with Gasteiger partial charge < -0.3 is 24.3 Å². The highest BCUT2D eigenvalue weighted by Gasteiger charge is 2.20. The number of hydrogen-bond acceptors (Lipinski definition) is 8. The molecule has 0 radical (unpaired) electrons. The summed E-state index contributed by atoms with van der Waals surface area (Å²) >= 11 is 0. The van der Waals surface area contributed by atoms with Gasteiger partial charge in [0.2, 0.25) is 6.79 Å². The maximum absolute atomic E-state index is 12.4. The molecule has 0 aliphatic carbocycles. The first kappa shape index (κ1) is 19.0. The van der Waals surface area contributed by atoms with Crippen LogP contribution in [0.25, 0.3) is 6.08 Å². The van der Waals surface area contributed by atoms with Crippen molar-refractivity contribution in [1.29, 1.82) is 5.26 Å². The SMILES string of the molecule is N#C/C(=C\c1ccc2c(c1)OCO2)C(=O)OCC(=O)c1ccc2c(c1)NC(=O)CO2. The number of anilines is 1. The standard InChI is InChI=1S/C21H14N2O7/c22-8-14(5-12-1-3-18-19(6-12)30-11-29-18)21(26)28-9-16(24)13-2-4-17-15(7-13)23-20(25)10-27-17/h1-7H,9-11H2,(H,23,25)/b14-5+. The molecule has 1 amide bonds. The summed E-state index contributed by atoms with van der Waals surface area (Å²) in [4.78, 5) is 36.0. The van der Waals surface area contributed by atoms with Crippen molar-refractivity contribution in [2.45, 2.75) is 0 Å². The van der Waals surface area contributed by atoms with Gasteiger partial charge in [-0.2, -0.15) is 5.26 Å². The molecule has 2 aliphatic rings. The lowest BCUT2D eigenvalue weighted by molar-refractivity contribution is -0.137. The number of ketones is 1. The Morgan fingerprint density at radius 3 is 2.73 bits per heavy atom. The second-order valence-electron chi connectivity index (χ2n) is 6.33. The molecule has 9 nitrogen and oxygen atoms in total. The summed E-state index contributed by atoms with van der Waals surface area (Å²) in [5.41, 5.74) is 0.867. The number of hydrogen-bond donors (Lipinski definition) is 1. The second kappa shape index (κ2) is 7.97. The highest BCUT2D eigenvalue weighted by atomic mass is 16.7. The predicted octanol–water partition coefficient (Wildman–Crippen LogP) is 2.08. The van der Waals surface area contributed by atoms with E-state index in [9.17, 15) is 19.6 Å². The van der Waals surface area contributed by atoms with Gasteiger partial charge in [-0.25, -0.2) is 4.79 Å². The molecule has 0 bridgehead atoms. The lowest BCUT2D eigenvalue weighted by Gasteiger charge is -2.18. The van der Waals surface area contributed by atoms with Crippen molar-refractivity contribution < 1.29 is 33.3 Å². The lowest BCUT2D eigenvalue weighted by atomic mass is 10.1. The van der Waals surface area contributed by atoms with Gasteiger partial charge in [0, 0.05) is 5.56 Å². The van der Waals surface area contributed by atoms with E-state index in [1.54, 1.807) is 30.3 Å². The van der Waals surface area contributed by atoms with Crippen LogP contribution in [0.4, 0.5) is 5.69 Å². The Morgan fingerprint density at radius 1 is 1.10 bits per heavy atom. The van der Waals surface area contributed by atoms with Crippen LogP contribution in [0.3, 0.4) is 0 Å². The molecule has 0 aromatic heterocycles. The molecule has 2 aliphatic heterocycles. The van der Waals surface area contributed by atoms with Crippen molar-refractivity contribution in [3.05, 3.63) is 53.1 Å². The number of Topliss-reactive ketones (excluding diaryl/α,β-unsaturated/α-hetero) is 1. The van der Waals surface area contributed by atoms with Crippen molar-refractivity contribution in [3.8, 4) is 23.3 Å². The molecule has 150 valence electrons. The van der Waals surface area contributed by atoms with Crippen LogP contribution in [0.5, 0.6) is 17.2 Å². The minimum Gasteiger partial charge on any atom is -0.482 e. The van der Waals surface area contributed by atoms with E-state index in [0.717, 1.165) is 0 Å². The molecule has 2 aromatic carbocycles. The summed E-state index contributed by atoms with van der Waals surface area (Å²) in [6, 6.07) is 11.2. The minimum atomic E-state index is -0.932. The Kier molecular flexibility index (Phi) is 5.05. The van der Waals surface area contributed by atoms with E-state index < -0.39 is 18.4 Å². The van der Waals surface area contributed by atoms with Gasteiger partial charge in [-0.05, 0) is 42.0 Å². The van der Waals surface area contributed by atoms with Crippen molar-refractivity contribution in [1.82, 2.24) is 0 Å². The Morgan fingerprint density at radius 2 is 1.90 bits per heavy atom. The zero-order valence-corrected chi connectivity index (χ0v) is 15.5. The van der Waals surface area contributed by atoms with Gasteiger partial charge in [-0.3, -0.25) is 9.59 Å². The van der Waals surface area contributed by atoms with Crippen molar-refractivity contribution in [2.75, 3.05) is 25.3 Å². The third kappa shape index (κ3) is 3.93. The van der Waals surface area contributed by atoms with Gasteiger partial charge >= 0.3 is 5.97 Å². The zero-order valence-electron chi connectivity index (χ0n) is 15.5. The van der Waals surface area contributed by atoms with E-state index in [4.69, 9.17) is 18.9 Å². The zero-order chi connectivity index (χ0) is 21.1. The summed E-state index contributed by atoms with van der Waals surface area (Å²) in [5, 5.41) is 11.9. The van der Waals surface area contributed by atoms with Crippen LogP contribution in [-0.4, -0.2) is 37.7 Å². The minimum absolute atomic E-state index is 0.0927. The Balaban J connectivity index is 1.42. The molecular formula is C21H14N2O7. The van der Waals surface area contributed by atoms with E-state index in [2.05, 4.69) is 5.32 Å². The fourth-order valence-electron chi connectivity index (χ4n) is 2.86. The van der Waals surface area contributed by atoms with Crippen molar-refractivity contribution in [3.63, 3.8) is 0 Å². The molecule has 0 atom stereocenters. The molecule has 0 saturated heterocycles. The Hall–Kier alpha value is -4.32. The van der Waals surface area contributed by atoms with Gasteiger partial charge in [-0.15, -0.1) is 0 Å². The van der Waals surface area contributed by atoms with Crippen molar-refractivity contribution >= 4 is 29.4 Å². The van der Waals surface area contributed by atoms with E-state index >= 15 is 0 Å². The molecule has 9 heteroatoms.